The summed E-state index contributed by atoms with van der Waals surface area (Å²) in [7, 11) is 3.35. The van der Waals surface area contributed by atoms with Gasteiger partial charge in [0.25, 0.3) is 5.91 Å². The molecule has 0 unspecified atom stereocenters. The summed E-state index contributed by atoms with van der Waals surface area (Å²) in [6.07, 6.45) is 0. The van der Waals surface area contributed by atoms with Crippen molar-refractivity contribution in [1.82, 2.24) is 9.97 Å². The Morgan fingerprint density at radius 3 is 2.41 bits per heavy atom. The van der Waals surface area contributed by atoms with E-state index in [1.54, 1.807) is 32.0 Å². The minimum atomic E-state index is -0.195. The number of hydrogen-bond acceptors (Lipinski definition) is 6. The van der Waals surface area contributed by atoms with Gasteiger partial charge in [-0.25, -0.2) is 9.97 Å². The summed E-state index contributed by atoms with van der Waals surface area (Å²) in [5.41, 5.74) is 1.14. The van der Waals surface area contributed by atoms with E-state index in [9.17, 15) is 4.79 Å². The Kier molecular flexibility index (Phi) is 6.63. The van der Waals surface area contributed by atoms with Gasteiger partial charge in [0.05, 0.1) is 13.7 Å². The average Bonchev–Trinajstić information content (AvgIpc) is 2.76. The third kappa shape index (κ3) is 5.44. The van der Waals surface area contributed by atoms with Crippen molar-refractivity contribution in [3.63, 3.8) is 0 Å². The highest BCUT2D eigenvalue weighted by atomic mass is 16.5. The third-order valence-corrected chi connectivity index (χ3v) is 4.24. The first-order valence-electron chi connectivity index (χ1n) is 9.26. The first kappa shape index (κ1) is 20.1. The van der Waals surface area contributed by atoms with Crippen LogP contribution < -0.4 is 19.7 Å². The number of para-hydroxylation sites is 1. The van der Waals surface area contributed by atoms with Crippen LogP contribution in [0, 0.1) is 6.92 Å². The number of aromatic nitrogens is 2. The van der Waals surface area contributed by atoms with Crippen LogP contribution in [0.15, 0.2) is 60.7 Å². The Labute approximate surface area is 170 Å². The zero-order chi connectivity index (χ0) is 20.6. The van der Waals surface area contributed by atoms with Crippen molar-refractivity contribution in [2.24, 2.45) is 0 Å². The summed E-state index contributed by atoms with van der Waals surface area (Å²) in [6.45, 7) is 2.74. The fourth-order valence-corrected chi connectivity index (χ4v) is 2.73. The standard InChI is InChI=1S/C22H24N4O3/c1-16-24-20(22(27)26(2)17-7-5-4-6-8-17)15-21(25-16)23-13-14-29-19-11-9-18(28-3)10-12-19/h4-12,15H,13-14H2,1-3H3,(H,23,24,25). The van der Waals surface area contributed by atoms with E-state index in [4.69, 9.17) is 9.47 Å². The Hall–Kier alpha value is -3.61. The molecule has 7 heteroatoms. The van der Waals surface area contributed by atoms with Crippen molar-refractivity contribution in [3.8, 4) is 11.5 Å². The molecule has 7 nitrogen and oxygen atoms in total. The van der Waals surface area contributed by atoms with Gasteiger partial charge in [-0.2, -0.15) is 0 Å². The van der Waals surface area contributed by atoms with Gasteiger partial charge in [-0.05, 0) is 43.3 Å². The fraction of sp³-hybridized carbons (Fsp3) is 0.227. The largest absolute Gasteiger partial charge is 0.497 e. The van der Waals surface area contributed by atoms with E-state index < -0.39 is 0 Å². The van der Waals surface area contributed by atoms with Crippen LogP contribution >= 0.6 is 0 Å². The molecule has 0 spiro atoms. The van der Waals surface area contributed by atoms with Crippen molar-refractivity contribution in [1.29, 1.82) is 0 Å². The number of benzene rings is 2. The highest BCUT2D eigenvalue weighted by Crippen LogP contribution is 2.17. The molecule has 0 fully saturated rings. The lowest BCUT2D eigenvalue weighted by Crippen LogP contribution is -2.27. The molecule has 0 aliphatic heterocycles. The SMILES string of the molecule is COc1ccc(OCCNc2cc(C(=O)N(C)c3ccccc3)nc(C)n2)cc1. The number of carbonyl (C=O) groups is 1. The molecule has 3 rings (SSSR count). The first-order chi connectivity index (χ1) is 14.1. The quantitative estimate of drug-likeness (QED) is 0.591. The summed E-state index contributed by atoms with van der Waals surface area (Å²) < 4.78 is 10.8. The van der Waals surface area contributed by atoms with Crippen LogP contribution in [0.1, 0.15) is 16.3 Å². The normalized spacial score (nSPS) is 10.3. The maximum Gasteiger partial charge on any atom is 0.276 e. The topological polar surface area (TPSA) is 76.6 Å². The van der Waals surface area contributed by atoms with Crippen LogP contribution in [0.4, 0.5) is 11.5 Å². The van der Waals surface area contributed by atoms with Crippen LogP contribution in [0.3, 0.4) is 0 Å². The second-order valence-corrected chi connectivity index (χ2v) is 6.34. The molecule has 3 aromatic rings. The number of carbonyl (C=O) groups excluding carboxylic acids is 1. The molecule has 29 heavy (non-hydrogen) atoms. The molecule has 0 bridgehead atoms. The van der Waals surface area contributed by atoms with Gasteiger partial charge >= 0.3 is 0 Å². The molecule has 1 N–H and O–H groups in total. The van der Waals surface area contributed by atoms with Gasteiger partial charge in [0.15, 0.2) is 0 Å². The summed E-state index contributed by atoms with van der Waals surface area (Å²) >= 11 is 0. The van der Waals surface area contributed by atoms with Gasteiger partial charge in [-0.15, -0.1) is 0 Å². The van der Waals surface area contributed by atoms with Crippen LogP contribution in [-0.4, -0.2) is 43.2 Å². The van der Waals surface area contributed by atoms with Gasteiger partial charge in [-0.3, -0.25) is 4.79 Å². The zero-order valence-corrected chi connectivity index (χ0v) is 16.8. The number of rotatable bonds is 8. The predicted molar refractivity (Wildman–Crippen MR) is 113 cm³/mol. The second kappa shape index (κ2) is 9.54. The molecular formula is C22H24N4O3. The van der Waals surface area contributed by atoms with Gasteiger partial charge < -0.3 is 19.7 Å². The number of nitrogens with one attached hydrogen (secondary N) is 1. The number of amides is 1. The monoisotopic (exact) mass is 392 g/mol. The molecule has 1 aromatic heterocycles. The van der Waals surface area contributed by atoms with E-state index in [0.717, 1.165) is 17.2 Å². The third-order valence-electron chi connectivity index (χ3n) is 4.24. The van der Waals surface area contributed by atoms with Gasteiger partial charge in [-0.1, -0.05) is 18.2 Å². The van der Waals surface area contributed by atoms with Crippen molar-refractivity contribution in [2.75, 3.05) is 37.5 Å². The van der Waals surface area contributed by atoms with E-state index in [1.807, 2.05) is 54.6 Å². The fourth-order valence-electron chi connectivity index (χ4n) is 2.73. The Morgan fingerprint density at radius 2 is 1.72 bits per heavy atom. The lowest BCUT2D eigenvalue weighted by Gasteiger charge is -2.17. The Morgan fingerprint density at radius 1 is 1.03 bits per heavy atom. The van der Waals surface area contributed by atoms with Crippen LogP contribution in [-0.2, 0) is 0 Å². The van der Waals surface area contributed by atoms with E-state index in [0.29, 0.717) is 30.5 Å². The summed E-state index contributed by atoms with van der Waals surface area (Å²) in [5, 5.41) is 3.18. The summed E-state index contributed by atoms with van der Waals surface area (Å²) in [6, 6.07) is 18.5. The van der Waals surface area contributed by atoms with E-state index in [-0.39, 0.29) is 5.91 Å². The van der Waals surface area contributed by atoms with E-state index in [2.05, 4.69) is 15.3 Å². The van der Waals surface area contributed by atoms with Gasteiger partial charge in [0.1, 0.15) is 35.4 Å². The van der Waals surface area contributed by atoms with E-state index >= 15 is 0 Å². The van der Waals surface area contributed by atoms with Crippen LogP contribution in [0.5, 0.6) is 11.5 Å². The van der Waals surface area contributed by atoms with Crippen molar-refractivity contribution < 1.29 is 14.3 Å². The second-order valence-electron chi connectivity index (χ2n) is 6.34. The Bertz CT molecular complexity index is 946. The molecule has 1 amide bonds. The van der Waals surface area contributed by atoms with Crippen LogP contribution in [0.25, 0.3) is 0 Å². The number of aryl methyl sites for hydroxylation is 1. The minimum absolute atomic E-state index is 0.195. The summed E-state index contributed by atoms with van der Waals surface area (Å²) in [5.74, 6) is 2.45. The first-order valence-corrected chi connectivity index (χ1v) is 9.26. The molecule has 2 aromatic carbocycles. The molecular weight excluding hydrogens is 368 g/mol. The number of nitrogens with zero attached hydrogens (tertiary/aromatic N) is 3. The van der Waals surface area contributed by atoms with Gasteiger partial charge in [0, 0.05) is 18.8 Å². The molecule has 0 saturated carbocycles. The minimum Gasteiger partial charge on any atom is -0.497 e. The number of ether oxygens (including phenoxy) is 2. The Balaban J connectivity index is 1.59. The lowest BCUT2D eigenvalue weighted by molar-refractivity contribution is 0.0988. The smallest absolute Gasteiger partial charge is 0.276 e. The molecule has 0 radical (unpaired) electrons. The van der Waals surface area contributed by atoms with Crippen molar-refractivity contribution in [3.05, 3.63) is 72.2 Å². The average molecular weight is 392 g/mol. The lowest BCUT2D eigenvalue weighted by atomic mass is 10.2. The maximum absolute atomic E-state index is 12.8. The number of anilines is 2. The van der Waals surface area contributed by atoms with E-state index in [1.165, 1.54) is 0 Å². The maximum atomic E-state index is 12.8. The molecule has 0 aliphatic carbocycles. The molecule has 150 valence electrons. The zero-order valence-electron chi connectivity index (χ0n) is 16.8. The highest BCUT2D eigenvalue weighted by Gasteiger charge is 2.16. The molecule has 0 aliphatic rings. The predicted octanol–water partition coefficient (Wildman–Crippen LogP) is 3.56. The molecule has 0 saturated heterocycles. The summed E-state index contributed by atoms with van der Waals surface area (Å²) in [4.78, 5) is 23.0. The number of methoxy groups -OCH3 is 1. The number of hydrogen-bond donors (Lipinski definition) is 1. The van der Waals surface area contributed by atoms with Crippen molar-refractivity contribution in [2.45, 2.75) is 6.92 Å². The van der Waals surface area contributed by atoms with Gasteiger partial charge in [0.2, 0.25) is 0 Å². The molecule has 0 atom stereocenters. The van der Waals surface area contributed by atoms with Crippen molar-refractivity contribution >= 4 is 17.4 Å². The van der Waals surface area contributed by atoms with Crippen LogP contribution in [0.2, 0.25) is 0 Å². The highest BCUT2D eigenvalue weighted by molar-refractivity contribution is 6.04. The molecule has 1 heterocycles.